The third-order valence-corrected chi connectivity index (χ3v) is 20.1. The lowest BCUT2D eigenvalue weighted by molar-refractivity contribution is -0.117. The number of aryl methyl sites for hydroxylation is 1. The third kappa shape index (κ3) is 18.3. The number of nitrogens with zero attached hydrogens (tertiary/aromatic N) is 14. The number of hydrogen-bond acceptors (Lipinski definition) is 22. The highest BCUT2D eigenvalue weighted by Crippen LogP contribution is 2.49. The van der Waals surface area contributed by atoms with Gasteiger partial charge in [0.2, 0.25) is 23.8 Å². The molecule has 7 aromatic rings. The number of hydrogen-bond donors (Lipinski definition) is 4. The van der Waals surface area contributed by atoms with Crippen LogP contribution in [0.3, 0.4) is 0 Å². The largest absolute Gasteiger partial charge is 0.497 e. The maximum atomic E-state index is 15.2. The monoisotopic (exact) mass is 1610 g/mol. The van der Waals surface area contributed by atoms with Crippen LogP contribution in [-0.4, -0.2) is 169 Å². The number of anilines is 10. The van der Waals surface area contributed by atoms with E-state index in [1.54, 1.807) is 55.6 Å². The van der Waals surface area contributed by atoms with Crippen molar-refractivity contribution in [1.82, 2.24) is 45.0 Å². The molecule has 596 valence electrons. The second kappa shape index (κ2) is 37.1. The molecular formula is C74H82Cl3F5N18O12. The number of fused-ring (bicyclic) bond motifs is 3. The zero-order chi connectivity index (χ0) is 80.9. The maximum absolute atomic E-state index is 15.2. The van der Waals surface area contributed by atoms with E-state index in [0.717, 1.165) is 71.7 Å². The number of urea groups is 3. The van der Waals surface area contributed by atoms with Crippen molar-refractivity contribution in [1.29, 1.82) is 0 Å². The number of allylic oxidation sites excluding steroid dienone is 2. The summed E-state index contributed by atoms with van der Waals surface area (Å²) in [5, 5.41) is 17.4. The fourth-order valence-electron chi connectivity index (χ4n) is 13.5. The summed E-state index contributed by atoms with van der Waals surface area (Å²) in [6, 6.07) is 3.42. The molecule has 30 nitrogen and oxygen atoms in total. The number of nitrogens with one attached hydrogen (secondary N) is 4. The van der Waals surface area contributed by atoms with Gasteiger partial charge in [-0.25, -0.2) is 51.3 Å². The molecule has 112 heavy (non-hydrogen) atoms. The fraction of sp³-hybridized carbons (Fsp3) is 0.392. The maximum Gasteiger partial charge on any atom is 0.330 e. The molecule has 7 heterocycles. The summed E-state index contributed by atoms with van der Waals surface area (Å²) in [7, 11) is 11.5. The van der Waals surface area contributed by atoms with Crippen LogP contribution in [0.4, 0.5) is 94.4 Å². The van der Waals surface area contributed by atoms with Gasteiger partial charge in [-0.3, -0.25) is 48.5 Å². The first-order valence-corrected chi connectivity index (χ1v) is 36.2. The number of carbonyl (C=O) groups is 6. The van der Waals surface area contributed by atoms with Crippen molar-refractivity contribution in [2.24, 2.45) is 13.0 Å². The van der Waals surface area contributed by atoms with Crippen LogP contribution in [-0.2, 0) is 47.5 Å². The molecule has 0 spiro atoms. The average Bonchev–Trinajstić information content (AvgIpc) is 0.797. The minimum atomic E-state index is -2.96. The molecule has 38 heteroatoms. The number of amides is 7. The number of halogens is 8. The third-order valence-electron chi connectivity index (χ3n) is 19.0. The van der Waals surface area contributed by atoms with E-state index in [9.17, 15) is 41.9 Å². The first kappa shape index (κ1) is 83.1. The van der Waals surface area contributed by atoms with E-state index in [0.29, 0.717) is 85.0 Å². The predicted molar refractivity (Wildman–Crippen MR) is 412 cm³/mol. The van der Waals surface area contributed by atoms with Crippen LogP contribution in [0, 0.1) is 17.6 Å². The van der Waals surface area contributed by atoms with Gasteiger partial charge < -0.3 is 49.7 Å². The molecule has 3 aromatic carbocycles. The van der Waals surface area contributed by atoms with Gasteiger partial charge in [0.25, 0.3) is 6.43 Å². The van der Waals surface area contributed by atoms with Crippen LogP contribution < -0.4 is 79.1 Å². The standard InChI is InChI=1S/C26H29F4N5O4.C25H30ClFN6O4.C23H23Cl2N7O4/c1-4-16(36)9-14-7-5-6-8-17(14)32-25-31-11-15-12-34(26(37)35(13-20(27)28)24(15)33-25)23-21(29)18(38-2)10-19(39-3)22(23)30;1-4-21(34)29-17-7-5-6-8-18(17)30-24-28-13-15-14-33(25(35)32(10-9-27)23(15)31-24)19-11-16(36-2)12-20(37-3)22(19)26;1-6-13(33)7-14-15(11-30(2)29-14)27-22-26-9-12-10-32(23(34)31(3)21(12)28-22)20-18(24)16(35-4)8-17(36-5)19(20)25/h4,10-11,14,17,20H,1,5-9,12-13H2,2-3H3,(H,31,32,33);4,11-13,17-18H,1,5-10,14H2,2-3H3,(H,29,34)(H,28,30,31);6,8-9,11H,1,7,10H2,2-5H3,(H,26,27,28). The van der Waals surface area contributed by atoms with E-state index >= 15 is 8.78 Å². The van der Waals surface area contributed by atoms with Crippen LogP contribution in [0.5, 0.6) is 34.5 Å². The first-order valence-electron chi connectivity index (χ1n) is 35.1. The van der Waals surface area contributed by atoms with Crippen molar-refractivity contribution >= 4 is 128 Å². The molecule has 0 saturated heterocycles. The second-order valence-electron chi connectivity index (χ2n) is 26.0. The lowest BCUT2D eigenvalue weighted by atomic mass is 9.81. The Morgan fingerprint density at radius 3 is 1.65 bits per heavy atom. The molecule has 7 amide bonds. The normalized spacial score (nSPS) is 17.1. The Morgan fingerprint density at radius 2 is 1.09 bits per heavy atom. The van der Waals surface area contributed by atoms with Crippen molar-refractivity contribution in [3.63, 3.8) is 0 Å². The average molecular weight is 1620 g/mol. The number of rotatable bonds is 27. The molecule has 0 bridgehead atoms. The van der Waals surface area contributed by atoms with Crippen LogP contribution in [0.25, 0.3) is 0 Å². The Morgan fingerprint density at radius 1 is 0.589 bits per heavy atom. The molecule has 0 radical (unpaired) electrons. The molecule has 2 saturated carbocycles. The molecular weight excluding hydrogens is 1530 g/mol. The number of carbonyl (C=O) groups excluding carboxylic acids is 6. The minimum absolute atomic E-state index is 0.00663. The van der Waals surface area contributed by atoms with Crippen molar-refractivity contribution in [2.75, 3.05) is 115 Å². The van der Waals surface area contributed by atoms with E-state index < -0.39 is 73.1 Å². The van der Waals surface area contributed by atoms with Crippen LogP contribution in [0.15, 0.2) is 87.0 Å². The quantitative estimate of drug-likeness (QED) is 0.0274. The zero-order valence-corrected chi connectivity index (χ0v) is 64.6. The van der Waals surface area contributed by atoms with E-state index in [1.165, 1.54) is 72.5 Å². The molecule has 3 aliphatic heterocycles. The molecule has 4 unspecified atom stereocenters. The lowest BCUT2D eigenvalue weighted by Crippen LogP contribution is -2.50. The zero-order valence-electron chi connectivity index (χ0n) is 62.4. The number of ketones is 2. The summed E-state index contributed by atoms with van der Waals surface area (Å²) in [5.74, 6) is -0.971. The van der Waals surface area contributed by atoms with E-state index in [-0.39, 0.29) is 112 Å². The summed E-state index contributed by atoms with van der Waals surface area (Å²) in [4.78, 5) is 109. The highest BCUT2D eigenvalue weighted by Gasteiger charge is 2.42. The first-order chi connectivity index (χ1) is 53.7. The number of benzene rings is 3. The fourth-order valence-corrected chi connectivity index (χ4v) is 14.5. The van der Waals surface area contributed by atoms with Gasteiger partial charge in [0.1, 0.15) is 67.9 Å². The van der Waals surface area contributed by atoms with Gasteiger partial charge in [0.05, 0.1) is 105 Å². The molecule has 2 aliphatic carbocycles. The minimum Gasteiger partial charge on any atom is -0.497 e. The SMILES string of the molecule is C=CC(=O)CC1CCCCC1Nc1ncc2c(n1)N(CC(F)F)C(=O)N(c1c(F)c(OC)cc(OC)c1F)C2.C=CC(=O)Cc1nn(C)cc1Nc1ncc2c(n1)N(C)C(=O)N(c1c(Cl)c(OC)cc(OC)c1Cl)C2.C=CC(=O)NC1CCCCC1Nc1ncc2c(n1)N(CCF)C(=O)N(c1cc(OC)cc(OC)c1Cl)C2. The van der Waals surface area contributed by atoms with E-state index in [1.807, 2.05) is 0 Å². The summed E-state index contributed by atoms with van der Waals surface area (Å²) in [5.41, 5.74) is 2.38. The summed E-state index contributed by atoms with van der Waals surface area (Å²) >= 11 is 19.6. The Balaban J connectivity index is 0.000000178. The Kier molecular flexibility index (Phi) is 27.6. The van der Waals surface area contributed by atoms with Gasteiger partial charge in [0.15, 0.2) is 34.7 Å². The molecule has 4 N–H and O–H groups in total. The number of ether oxygens (including phenoxy) is 6. The van der Waals surface area contributed by atoms with Crippen molar-refractivity contribution in [3.8, 4) is 34.5 Å². The molecule has 5 aliphatic rings. The van der Waals surface area contributed by atoms with Crippen molar-refractivity contribution < 1.29 is 79.1 Å². The van der Waals surface area contributed by atoms with E-state index in [2.05, 4.69) is 76.0 Å². The van der Waals surface area contributed by atoms with Crippen LogP contribution >= 0.6 is 34.8 Å². The number of methoxy groups -OCH3 is 6. The summed E-state index contributed by atoms with van der Waals surface area (Å²) < 4.78 is 104. The number of aromatic nitrogens is 8. The highest BCUT2D eigenvalue weighted by molar-refractivity contribution is 6.42. The topological polar surface area (TPSA) is 321 Å². The summed E-state index contributed by atoms with van der Waals surface area (Å²) in [6.07, 6.45) is 14.5. The Hall–Kier alpha value is -11.3. The molecule has 4 aromatic heterocycles. The van der Waals surface area contributed by atoms with E-state index in [4.69, 9.17) is 63.2 Å². The van der Waals surface area contributed by atoms with Gasteiger partial charge in [-0.2, -0.15) is 20.1 Å². The van der Waals surface area contributed by atoms with Gasteiger partial charge in [-0.15, -0.1) is 0 Å². The highest BCUT2D eigenvalue weighted by atomic mass is 35.5. The van der Waals surface area contributed by atoms with Crippen LogP contribution in [0.2, 0.25) is 15.1 Å². The Bertz CT molecular complexity index is 4690. The molecule has 2 fully saturated rings. The molecule has 12 rings (SSSR count). The number of alkyl halides is 3. The molecule has 4 atom stereocenters. The van der Waals surface area contributed by atoms with Gasteiger partial charge in [-0.05, 0) is 49.8 Å². The summed E-state index contributed by atoms with van der Waals surface area (Å²) in [6.45, 7) is 8.35. The van der Waals surface area contributed by atoms with Gasteiger partial charge >= 0.3 is 18.1 Å². The van der Waals surface area contributed by atoms with Crippen LogP contribution in [0.1, 0.15) is 80.2 Å². The smallest absolute Gasteiger partial charge is 0.330 e. The van der Waals surface area contributed by atoms with Crippen molar-refractivity contribution in [3.05, 3.63) is 136 Å². The Labute approximate surface area is 656 Å². The lowest BCUT2D eigenvalue weighted by Gasteiger charge is -2.37. The predicted octanol–water partition coefficient (Wildman–Crippen LogP) is 13.3. The van der Waals surface area contributed by atoms with Crippen molar-refractivity contribution in [2.45, 2.75) is 108 Å². The van der Waals surface area contributed by atoms with Gasteiger partial charge in [0, 0.05) is 104 Å². The van der Waals surface area contributed by atoms with Gasteiger partial charge in [-0.1, -0.05) is 80.2 Å². The second-order valence-corrected chi connectivity index (χ2v) is 27.1.